The number of carbonyl (C=O) groups is 1. The van der Waals surface area contributed by atoms with E-state index in [1.165, 1.54) is 12.8 Å². The van der Waals surface area contributed by atoms with Crippen molar-refractivity contribution in [3.63, 3.8) is 0 Å². The van der Waals surface area contributed by atoms with Gasteiger partial charge in [-0.1, -0.05) is 26.7 Å². The fraction of sp³-hybridized carbons (Fsp3) is 0.917. The van der Waals surface area contributed by atoms with E-state index in [-0.39, 0.29) is 5.91 Å². The fourth-order valence-electron chi connectivity index (χ4n) is 2.36. The predicted octanol–water partition coefficient (Wildman–Crippen LogP) is 1.90. The van der Waals surface area contributed by atoms with Gasteiger partial charge in [0, 0.05) is 13.1 Å². The normalized spacial score (nSPS) is 18.1. The third kappa shape index (κ3) is 2.51. The molecule has 0 saturated heterocycles. The van der Waals surface area contributed by atoms with E-state index in [2.05, 4.69) is 0 Å². The van der Waals surface area contributed by atoms with Crippen molar-refractivity contribution in [3.8, 4) is 0 Å². The standard InChI is InChI=1S/C12H24N2O/c1-4-12(13,5-2)11(15)14(3)10-8-6-7-9-10/h10H,4-9,13H2,1-3H3. The van der Waals surface area contributed by atoms with Crippen molar-refractivity contribution in [1.82, 2.24) is 4.90 Å². The molecule has 0 radical (unpaired) electrons. The Hall–Kier alpha value is -0.570. The van der Waals surface area contributed by atoms with Gasteiger partial charge in [-0.05, 0) is 25.7 Å². The number of amides is 1. The maximum absolute atomic E-state index is 12.2. The Morgan fingerprint density at radius 3 is 2.20 bits per heavy atom. The molecule has 0 bridgehead atoms. The molecule has 0 aromatic carbocycles. The molecule has 3 heteroatoms. The molecule has 2 N–H and O–H groups in total. The van der Waals surface area contributed by atoms with E-state index >= 15 is 0 Å². The van der Waals surface area contributed by atoms with Crippen LogP contribution in [0.3, 0.4) is 0 Å². The molecule has 1 fully saturated rings. The summed E-state index contributed by atoms with van der Waals surface area (Å²) in [6.07, 6.45) is 6.23. The first-order valence-electron chi connectivity index (χ1n) is 6.11. The second kappa shape index (κ2) is 4.97. The highest BCUT2D eigenvalue weighted by atomic mass is 16.2. The number of nitrogens with two attached hydrogens (primary N) is 1. The highest BCUT2D eigenvalue weighted by Gasteiger charge is 2.35. The van der Waals surface area contributed by atoms with Crippen molar-refractivity contribution in [2.75, 3.05) is 7.05 Å². The zero-order valence-electron chi connectivity index (χ0n) is 10.3. The summed E-state index contributed by atoms with van der Waals surface area (Å²) in [6.45, 7) is 3.98. The van der Waals surface area contributed by atoms with Gasteiger partial charge in [0.15, 0.2) is 0 Å². The zero-order valence-corrected chi connectivity index (χ0v) is 10.3. The van der Waals surface area contributed by atoms with Crippen LogP contribution in [0, 0.1) is 0 Å². The summed E-state index contributed by atoms with van der Waals surface area (Å²) in [5, 5.41) is 0. The maximum Gasteiger partial charge on any atom is 0.242 e. The monoisotopic (exact) mass is 212 g/mol. The quantitative estimate of drug-likeness (QED) is 0.773. The molecule has 0 aromatic heterocycles. The van der Waals surface area contributed by atoms with Crippen LogP contribution in [0.25, 0.3) is 0 Å². The van der Waals surface area contributed by atoms with E-state index in [9.17, 15) is 4.79 Å². The van der Waals surface area contributed by atoms with Crippen molar-refractivity contribution in [1.29, 1.82) is 0 Å². The van der Waals surface area contributed by atoms with Crippen LogP contribution in [0.5, 0.6) is 0 Å². The Kier molecular flexibility index (Phi) is 4.14. The minimum atomic E-state index is -0.642. The smallest absolute Gasteiger partial charge is 0.242 e. The van der Waals surface area contributed by atoms with Crippen LogP contribution in [0.4, 0.5) is 0 Å². The lowest BCUT2D eigenvalue weighted by Crippen LogP contribution is -2.55. The van der Waals surface area contributed by atoms with E-state index in [4.69, 9.17) is 5.73 Å². The summed E-state index contributed by atoms with van der Waals surface area (Å²) in [7, 11) is 1.91. The third-order valence-corrected chi connectivity index (χ3v) is 3.88. The molecule has 1 aliphatic carbocycles. The van der Waals surface area contributed by atoms with E-state index in [1.807, 2.05) is 25.8 Å². The average Bonchev–Trinajstić information content (AvgIpc) is 2.79. The van der Waals surface area contributed by atoms with Crippen molar-refractivity contribution in [2.45, 2.75) is 64.0 Å². The van der Waals surface area contributed by atoms with Crippen LogP contribution >= 0.6 is 0 Å². The van der Waals surface area contributed by atoms with Gasteiger partial charge >= 0.3 is 0 Å². The number of likely N-dealkylation sites (N-methyl/N-ethyl adjacent to an activating group) is 1. The lowest BCUT2D eigenvalue weighted by molar-refractivity contribution is -0.138. The van der Waals surface area contributed by atoms with Crippen LogP contribution in [0.1, 0.15) is 52.4 Å². The number of hydrogen-bond donors (Lipinski definition) is 1. The molecule has 0 aromatic rings. The van der Waals surface area contributed by atoms with Crippen LogP contribution in [0.2, 0.25) is 0 Å². The predicted molar refractivity (Wildman–Crippen MR) is 62.5 cm³/mol. The molecule has 1 rings (SSSR count). The fourth-order valence-corrected chi connectivity index (χ4v) is 2.36. The Balaban J connectivity index is 2.65. The SMILES string of the molecule is CCC(N)(CC)C(=O)N(C)C1CCCC1. The van der Waals surface area contributed by atoms with E-state index in [1.54, 1.807) is 0 Å². The van der Waals surface area contributed by atoms with Crippen LogP contribution in [-0.2, 0) is 4.79 Å². The first-order valence-corrected chi connectivity index (χ1v) is 6.11. The Morgan fingerprint density at radius 2 is 1.80 bits per heavy atom. The molecule has 0 aliphatic heterocycles. The molecular weight excluding hydrogens is 188 g/mol. The molecule has 3 nitrogen and oxygen atoms in total. The minimum absolute atomic E-state index is 0.124. The number of nitrogens with zero attached hydrogens (tertiary/aromatic N) is 1. The summed E-state index contributed by atoms with van der Waals surface area (Å²) >= 11 is 0. The van der Waals surface area contributed by atoms with Gasteiger partial charge in [-0.3, -0.25) is 4.79 Å². The maximum atomic E-state index is 12.2. The van der Waals surface area contributed by atoms with E-state index in [0.29, 0.717) is 6.04 Å². The second-order valence-corrected chi connectivity index (χ2v) is 4.72. The first kappa shape index (κ1) is 12.5. The number of carbonyl (C=O) groups excluding carboxylic acids is 1. The largest absolute Gasteiger partial charge is 0.341 e. The van der Waals surface area contributed by atoms with Gasteiger partial charge in [0.05, 0.1) is 5.54 Å². The minimum Gasteiger partial charge on any atom is -0.341 e. The summed E-state index contributed by atoms with van der Waals surface area (Å²) in [5.74, 6) is 0.124. The average molecular weight is 212 g/mol. The topological polar surface area (TPSA) is 46.3 Å². The van der Waals surface area contributed by atoms with Crippen LogP contribution in [0.15, 0.2) is 0 Å². The summed E-state index contributed by atoms with van der Waals surface area (Å²) in [4.78, 5) is 14.1. The molecule has 0 atom stereocenters. The van der Waals surface area contributed by atoms with E-state index in [0.717, 1.165) is 25.7 Å². The Bertz CT molecular complexity index is 218. The molecule has 1 saturated carbocycles. The highest BCUT2D eigenvalue weighted by Crippen LogP contribution is 2.25. The molecule has 0 heterocycles. The number of rotatable bonds is 4. The first-order chi connectivity index (χ1) is 7.05. The van der Waals surface area contributed by atoms with Crippen molar-refractivity contribution in [2.24, 2.45) is 5.73 Å². The van der Waals surface area contributed by atoms with Gasteiger partial charge in [-0.2, -0.15) is 0 Å². The summed E-state index contributed by atoms with van der Waals surface area (Å²) in [5.41, 5.74) is 5.48. The lowest BCUT2D eigenvalue weighted by atomic mass is 9.92. The third-order valence-electron chi connectivity index (χ3n) is 3.88. The molecule has 0 spiro atoms. The lowest BCUT2D eigenvalue weighted by Gasteiger charge is -2.34. The highest BCUT2D eigenvalue weighted by molar-refractivity contribution is 5.86. The van der Waals surface area contributed by atoms with Gasteiger partial charge in [0.2, 0.25) is 5.91 Å². The number of hydrogen-bond acceptors (Lipinski definition) is 2. The van der Waals surface area contributed by atoms with Crippen molar-refractivity contribution >= 4 is 5.91 Å². The van der Waals surface area contributed by atoms with Gasteiger partial charge in [-0.25, -0.2) is 0 Å². The molecule has 88 valence electrons. The van der Waals surface area contributed by atoms with Gasteiger partial charge in [0.25, 0.3) is 0 Å². The Labute approximate surface area is 93.0 Å². The molecule has 1 aliphatic rings. The van der Waals surface area contributed by atoms with E-state index < -0.39 is 5.54 Å². The van der Waals surface area contributed by atoms with Crippen LogP contribution < -0.4 is 5.73 Å². The Morgan fingerprint density at radius 1 is 1.33 bits per heavy atom. The summed E-state index contributed by atoms with van der Waals surface area (Å²) < 4.78 is 0. The second-order valence-electron chi connectivity index (χ2n) is 4.72. The van der Waals surface area contributed by atoms with Gasteiger partial charge in [0.1, 0.15) is 0 Å². The molecule has 1 amide bonds. The van der Waals surface area contributed by atoms with Crippen molar-refractivity contribution in [3.05, 3.63) is 0 Å². The van der Waals surface area contributed by atoms with Crippen LogP contribution in [-0.4, -0.2) is 29.4 Å². The summed E-state index contributed by atoms with van der Waals surface area (Å²) in [6, 6.07) is 0.429. The molecule has 15 heavy (non-hydrogen) atoms. The zero-order chi connectivity index (χ0) is 11.5. The van der Waals surface area contributed by atoms with Gasteiger partial charge < -0.3 is 10.6 Å². The van der Waals surface area contributed by atoms with Gasteiger partial charge in [-0.15, -0.1) is 0 Å². The molecule has 0 unspecified atom stereocenters. The van der Waals surface area contributed by atoms with Crippen molar-refractivity contribution < 1.29 is 4.79 Å². The molecular formula is C12H24N2O.